The van der Waals surface area contributed by atoms with Crippen LogP contribution < -0.4 is 15.2 Å². The van der Waals surface area contributed by atoms with E-state index in [1.807, 2.05) is 6.07 Å². The number of anilines is 1. The second-order valence-corrected chi connectivity index (χ2v) is 5.53. The Bertz CT molecular complexity index is 623. The van der Waals surface area contributed by atoms with Gasteiger partial charge >= 0.3 is 0 Å². The monoisotopic (exact) mass is 339 g/mol. The van der Waals surface area contributed by atoms with Gasteiger partial charge in [0.25, 0.3) is 0 Å². The Morgan fingerprint density at radius 1 is 1.25 bits per heavy atom. The molecule has 0 aliphatic carbocycles. The van der Waals surface area contributed by atoms with Crippen molar-refractivity contribution in [2.45, 2.75) is 19.8 Å². The van der Waals surface area contributed by atoms with E-state index in [1.54, 1.807) is 20.4 Å². The smallest absolute Gasteiger partial charge is 0.175 e. The quantitative estimate of drug-likeness (QED) is 0.893. The summed E-state index contributed by atoms with van der Waals surface area (Å²) in [6.07, 6.45) is 1.72. The number of nitrogens with one attached hydrogen (secondary N) is 1. The van der Waals surface area contributed by atoms with Crippen LogP contribution in [0.5, 0.6) is 11.5 Å². The zero-order valence-corrected chi connectivity index (χ0v) is 13.5. The lowest BCUT2D eigenvalue weighted by Crippen LogP contribution is -2.01. The molecule has 0 radical (unpaired) electrons. The fourth-order valence-corrected chi connectivity index (χ4v) is 3.29. The highest BCUT2D eigenvalue weighted by molar-refractivity contribution is 9.10. The van der Waals surface area contributed by atoms with E-state index in [4.69, 9.17) is 15.2 Å². The molecule has 2 rings (SSSR count). The summed E-state index contributed by atoms with van der Waals surface area (Å²) in [5.74, 6) is 2.15. The Kier molecular flexibility index (Phi) is 4.23. The number of rotatable bonds is 4. The molecule has 1 aromatic carbocycles. The number of aromatic nitrogens is 2. The van der Waals surface area contributed by atoms with Gasteiger partial charge in [-0.2, -0.15) is 5.10 Å². The zero-order chi connectivity index (χ0) is 14.9. The van der Waals surface area contributed by atoms with Crippen LogP contribution >= 0.6 is 15.9 Å². The van der Waals surface area contributed by atoms with E-state index >= 15 is 0 Å². The van der Waals surface area contributed by atoms with Gasteiger partial charge in [-0.3, -0.25) is 5.10 Å². The molecule has 0 atom stereocenters. The molecule has 108 valence electrons. The fraction of sp³-hybridized carbons (Fsp3) is 0.357. The van der Waals surface area contributed by atoms with E-state index in [0.29, 0.717) is 17.3 Å². The first kappa shape index (κ1) is 14.7. The predicted molar refractivity (Wildman–Crippen MR) is 83.3 cm³/mol. The minimum atomic E-state index is 0.286. The van der Waals surface area contributed by atoms with Crippen molar-refractivity contribution < 1.29 is 9.47 Å². The second kappa shape index (κ2) is 5.75. The Labute approximate surface area is 126 Å². The van der Waals surface area contributed by atoms with E-state index in [2.05, 4.69) is 40.0 Å². The van der Waals surface area contributed by atoms with Gasteiger partial charge < -0.3 is 15.2 Å². The summed E-state index contributed by atoms with van der Waals surface area (Å²) < 4.78 is 11.7. The van der Waals surface area contributed by atoms with Crippen LogP contribution in [0, 0.1) is 0 Å². The summed E-state index contributed by atoms with van der Waals surface area (Å²) in [4.78, 5) is 0. The minimum absolute atomic E-state index is 0.286. The minimum Gasteiger partial charge on any atom is -0.493 e. The zero-order valence-electron chi connectivity index (χ0n) is 12.0. The molecule has 3 N–H and O–H groups in total. The SMILES string of the molecule is COc1cc(-c2cn[nH]c2N)c(C(C)C)c(Br)c1OC. The maximum Gasteiger partial charge on any atom is 0.175 e. The maximum absolute atomic E-state index is 5.95. The normalized spacial score (nSPS) is 10.9. The standard InChI is InChI=1S/C14H18BrN3O2/c1-7(2)11-8(9-6-17-18-14(9)16)5-10(19-3)13(20-4)12(11)15/h5-7H,1-4H3,(H3,16,17,18). The molecule has 0 unspecified atom stereocenters. The van der Waals surface area contributed by atoms with Gasteiger partial charge in [0, 0.05) is 5.56 Å². The molecular weight excluding hydrogens is 322 g/mol. The summed E-state index contributed by atoms with van der Waals surface area (Å²) in [5, 5.41) is 6.75. The molecular formula is C14H18BrN3O2. The average Bonchev–Trinajstić information content (AvgIpc) is 2.83. The van der Waals surface area contributed by atoms with Crippen molar-refractivity contribution in [3.05, 3.63) is 22.3 Å². The van der Waals surface area contributed by atoms with Gasteiger partial charge in [-0.15, -0.1) is 0 Å². The number of nitrogen functional groups attached to an aromatic ring is 1. The van der Waals surface area contributed by atoms with E-state index < -0.39 is 0 Å². The lowest BCUT2D eigenvalue weighted by atomic mass is 9.93. The summed E-state index contributed by atoms with van der Waals surface area (Å²) in [7, 11) is 3.24. The molecule has 6 heteroatoms. The molecule has 1 aromatic heterocycles. The van der Waals surface area contributed by atoms with Gasteiger partial charge in [-0.25, -0.2) is 0 Å². The van der Waals surface area contributed by atoms with Crippen LogP contribution in [0.1, 0.15) is 25.3 Å². The van der Waals surface area contributed by atoms with Gasteiger partial charge in [0.2, 0.25) is 0 Å². The first-order valence-electron chi connectivity index (χ1n) is 6.24. The van der Waals surface area contributed by atoms with Crippen LogP contribution in [0.2, 0.25) is 0 Å². The summed E-state index contributed by atoms with van der Waals surface area (Å²) in [6, 6.07) is 1.93. The molecule has 5 nitrogen and oxygen atoms in total. The third-order valence-corrected chi connectivity index (χ3v) is 3.97. The Morgan fingerprint density at radius 2 is 1.95 bits per heavy atom. The number of ether oxygens (including phenoxy) is 2. The number of halogens is 1. The molecule has 0 aliphatic heterocycles. The van der Waals surface area contributed by atoms with E-state index in [-0.39, 0.29) is 5.92 Å². The van der Waals surface area contributed by atoms with E-state index in [0.717, 1.165) is 21.2 Å². The van der Waals surface area contributed by atoms with Crippen molar-refractivity contribution in [2.75, 3.05) is 20.0 Å². The van der Waals surface area contributed by atoms with Crippen molar-refractivity contribution in [2.24, 2.45) is 0 Å². The van der Waals surface area contributed by atoms with Crippen molar-refractivity contribution in [1.82, 2.24) is 10.2 Å². The second-order valence-electron chi connectivity index (χ2n) is 4.74. The molecule has 0 fully saturated rings. The summed E-state index contributed by atoms with van der Waals surface area (Å²) in [6.45, 7) is 4.23. The van der Waals surface area contributed by atoms with Gasteiger partial charge in [0.05, 0.1) is 24.9 Å². The molecule has 2 aromatic rings. The molecule has 20 heavy (non-hydrogen) atoms. The number of aromatic amines is 1. The largest absolute Gasteiger partial charge is 0.493 e. The van der Waals surface area contributed by atoms with E-state index in [9.17, 15) is 0 Å². The highest BCUT2D eigenvalue weighted by Gasteiger charge is 2.22. The average molecular weight is 340 g/mol. The third-order valence-electron chi connectivity index (χ3n) is 3.19. The first-order chi connectivity index (χ1) is 9.51. The molecule has 0 aliphatic rings. The number of methoxy groups -OCH3 is 2. The molecule has 0 saturated heterocycles. The number of benzene rings is 1. The molecule has 0 spiro atoms. The van der Waals surface area contributed by atoms with Crippen LogP contribution in [-0.2, 0) is 0 Å². The highest BCUT2D eigenvalue weighted by Crippen LogP contribution is 2.46. The van der Waals surface area contributed by atoms with Crippen molar-refractivity contribution in [1.29, 1.82) is 0 Å². The number of nitrogens with two attached hydrogens (primary N) is 1. The molecule has 1 heterocycles. The lowest BCUT2D eigenvalue weighted by molar-refractivity contribution is 0.352. The Balaban J connectivity index is 2.79. The first-order valence-corrected chi connectivity index (χ1v) is 7.04. The predicted octanol–water partition coefficient (Wildman–Crippen LogP) is 3.56. The van der Waals surface area contributed by atoms with Crippen molar-refractivity contribution in [3.8, 4) is 22.6 Å². The van der Waals surface area contributed by atoms with E-state index in [1.165, 1.54) is 0 Å². The van der Waals surface area contributed by atoms with Gasteiger partial charge in [-0.1, -0.05) is 13.8 Å². The number of H-pyrrole nitrogens is 1. The van der Waals surface area contributed by atoms with Gasteiger partial charge in [0.1, 0.15) is 5.82 Å². The molecule has 0 saturated carbocycles. The molecule has 0 bridgehead atoms. The van der Waals surface area contributed by atoms with Gasteiger partial charge in [-0.05, 0) is 39.0 Å². The highest BCUT2D eigenvalue weighted by atomic mass is 79.9. The van der Waals surface area contributed by atoms with Crippen LogP contribution in [0.15, 0.2) is 16.7 Å². The topological polar surface area (TPSA) is 73.2 Å². The number of hydrogen-bond acceptors (Lipinski definition) is 4. The summed E-state index contributed by atoms with van der Waals surface area (Å²) in [5.41, 5.74) is 8.89. The summed E-state index contributed by atoms with van der Waals surface area (Å²) >= 11 is 3.62. The maximum atomic E-state index is 5.95. The van der Waals surface area contributed by atoms with Crippen molar-refractivity contribution >= 4 is 21.7 Å². The third kappa shape index (κ3) is 2.35. The Hall–Kier alpha value is -1.69. The molecule has 0 amide bonds. The van der Waals surface area contributed by atoms with Crippen LogP contribution in [-0.4, -0.2) is 24.4 Å². The van der Waals surface area contributed by atoms with Crippen LogP contribution in [0.4, 0.5) is 5.82 Å². The Morgan fingerprint density at radius 3 is 2.40 bits per heavy atom. The lowest BCUT2D eigenvalue weighted by Gasteiger charge is -2.19. The van der Waals surface area contributed by atoms with Crippen LogP contribution in [0.3, 0.4) is 0 Å². The van der Waals surface area contributed by atoms with Gasteiger partial charge in [0.15, 0.2) is 11.5 Å². The van der Waals surface area contributed by atoms with Crippen molar-refractivity contribution in [3.63, 3.8) is 0 Å². The van der Waals surface area contributed by atoms with Crippen LogP contribution in [0.25, 0.3) is 11.1 Å². The fourth-order valence-electron chi connectivity index (χ4n) is 2.26. The number of nitrogens with zero attached hydrogens (tertiary/aromatic N) is 1. The number of hydrogen-bond donors (Lipinski definition) is 2.